The smallest absolute Gasteiger partial charge is 0.251 e. The molecule has 1 aliphatic rings. The van der Waals surface area contributed by atoms with Gasteiger partial charge in [0.1, 0.15) is 0 Å². The first-order valence-corrected chi connectivity index (χ1v) is 10.9. The molecule has 162 valence electrons. The summed E-state index contributed by atoms with van der Waals surface area (Å²) in [6.45, 7) is 6.14. The van der Waals surface area contributed by atoms with Crippen molar-refractivity contribution in [1.82, 2.24) is 20.2 Å². The molecule has 1 fully saturated rings. The number of piperidine rings is 1. The van der Waals surface area contributed by atoms with Crippen LogP contribution in [0.4, 0.5) is 17.3 Å². The Kier molecular flexibility index (Phi) is 6.32. The van der Waals surface area contributed by atoms with Gasteiger partial charge in [-0.3, -0.25) is 4.79 Å². The van der Waals surface area contributed by atoms with Crippen molar-refractivity contribution in [2.45, 2.75) is 38.8 Å². The Hall–Kier alpha value is -3.19. The maximum absolute atomic E-state index is 12.1. The van der Waals surface area contributed by atoms with Gasteiger partial charge in [0, 0.05) is 40.6 Å². The van der Waals surface area contributed by atoms with Crippen LogP contribution >= 0.6 is 0 Å². The number of rotatable bonds is 6. The Morgan fingerprint density at radius 1 is 1.06 bits per heavy atom. The van der Waals surface area contributed by atoms with Gasteiger partial charge in [-0.25, -0.2) is 9.97 Å². The molecule has 1 saturated heterocycles. The van der Waals surface area contributed by atoms with Gasteiger partial charge in [-0.15, -0.1) is 0 Å². The Morgan fingerprint density at radius 2 is 1.77 bits per heavy atom. The lowest BCUT2D eigenvalue weighted by Crippen LogP contribution is -2.36. The van der Waals surface area contributed by atoms with Crippen molar-refractivity contribution in [1.29, 1.82) is 0 Å². The van der Waals surface area contributed by atoms with Crippen LogP contribution in [0.5, 0.6) is 0 Å². The van der Waals surface area contributed by atoms with E-state index in [4.69, 9.17) is 0 Å². The lowest BCUT2D eigenvalue weighted by molar-refractivity contribution is 0.0943. The standard InChI is InChI=1S/C24H30N6O/c1-16(2)26-23(31)17-4-7-19(8-5-17)28-24-25-15-18-6-9-21(14-22(18)29-24)27-20-10-12-30(3)13-11-20/h4-9,14-16,20,27H,10-13H2,1-3H3,(H,26,31)(H,25,28,29). The van der Waals surface area contributed by atoms with Crippen LogP contribution in [0.3, 0.4) is 0 Å². The van der Waals surface area contributed by atoms with Crippen LogP contribution in [0.25, 0.3) is 10.9 Å². The minimum absolute atomic E-state index is 0.0758. The molecule has 7 heteroatoms. The number of anilines is 3. The number of hydrogen-bond donors (Lipinski definition) is 3. The van der Waals surface area contributed by atoms with Gasteiger partial charge in [0.15, 0.2) is 0 Å². The second kappa shape index (κ2) is 9.31. The molecule has 0 unspecified atom stereocenters. The summed E-state index contributed by atoms with van der Waals surface area (Å²) >= 11 is 0. The van der Waals surface area contributed by atoms with Crippen molar-refractivity contribution in [3.8, 4) is 0 Å². The van der Waals surface area contributed by atoms with E-state index in [0.29, 0.717) is 17.6 Å². The summed E-state index contributed by atoms with van der Waals surface area (Å²) in [6.07, 6.45) is 4.13. The molecule has 31 heavy (non-hydrogen) atoms. The third-order valence-electron chi connectivity index (χ3n) is 5.50. The summed E-state index contributed by atoms with van der Waals surface area (Å²) in [5.74, 6) is 0.455. The highest BCUT2D eigenvalue weighted by atomic mass is 16.1. The largest absolute Gasteiger partial charge is 0.382 e. The highest BCUT2D eigenvalue weighted by Crippen LogP contribution is 2.22. The number of benzene rings is 2. The van der Waals surface area contributed by atoms with Crippen molar-refractivity contribution in [3.05, 3.63) is 54.2 Å². The monoisotopic (exact) mass is 418 g/mol. The molecule has 4 rings (SSSR count). The molecule has 0 saturated carbocycles. The third-order valence-corrected chi connectivity index (χ3v) is 5.50. The Balaban J connectivity index is 1.45. The molecule has 2 aromatic carbocycles. The zero-order valence-corrected chi connectivity index (χ0v) is 18.4. The molecule has 0 radical (unpaired) electrons. The molecular formula is C24H30N6O. The molecule has 0 atom stereocenters. The normalized spacial score (nSPS) is 15.2. The first kappa shape index (κ1) is 21.1. The van der Waals surface area contributed by atoms with Crippen LogP contribution in [0.2, 0.25) is 0 Å². The molecule has 1 aromatic heterocycles. The number of hydrogen-bond acceptors (Lipinski definition) is 6. The zero-order valence-electron chi connectivity index (χ0n) is 18.4. The third kappa shape index (κ3) is 5.49. The number of amides is 1. The van der Waals surface area contributed by atoms with Gasteiger partial charge in [0.25, 0.3) is 5.91 Å². The Morgan fingerprint density at radius 3 is 2.48 bits per heavy atom. The lowest BCUT2D eigenvalue weighted by Gasteiger charge is -2.30. The topological polar surface area (TPSA) is 82.2 Å². The van der Waals surface area contributed by atoms with E-state index in [1.807, 2.05) is 32.2 Å². The van der Waals surface area contributed by atoms with E-state index in [1.54, 1.807) is 12.1 Å². The second-order valence-corrected chi connectivity index (χ2v) is 8.52. The zero-order chi connectivity index (χ0) is 21.8. The van der Waals surface area contributed by atoms with E-state index in [-0.39, 0.29) is 11.9 Å². The highest BCUT2D eigenvalue weighted by molar-refractivity contribution is 5.94. The summed E-state index contributed by atoms with van der Waals surface area (Å²) in [5, 5.41) is 10.8. The maximum atomic E-state index is 12.1. The van der Waals surface area contributed by atoms with E-state index in [2.05, 4.69) is 56.1 Å². The molecule has 1 aliphatic heterocycles. The van der Waals surface area contributed by atoms with Crippen molar-refractivity contribution in [2.75, 3.05) is 30.8 Å². The van der Waals surface area contributed by atoms with Gasteiger partial charge in [-0.2, -0.15) is 0 Å². The van der Waals surface area contributed by atoms with Crippen molar-refractivity contribution < 1.29 is 4.79 Å². The fraction of sp³-hybridized carbons (Fsp3) is 0.375. The predicted octanol–water partition coefficient (Wildman–Crippen LogP) is 4.02. The quantitative estimate of drug-likeness (QED) is 0.561. The summed E-state index contributed by atoms with van der Waals surface area (Å²) in [4.78, 5) is 23.6. The molecule has 1 amide bonds. The van der Waals surface area contributed by atoms with Crippen molar-refractivity contribution in [2.24, 2.45) is 0 Å². The fourth-order valence-electron chi connectivity index (χ4n) is 3.74. The van der Waals surface area contributed by atoms with Gasteiger partial charge in [0.05, 0.1) is 5.52 Å². The first-order valence-electron chi connectivity index (χ1n) is 10.9. The Bertz CT molecular complexity index is 1040. The van der Waals surface area contributed by atoms with Gasteiger partial charge in [-0.1, -0.05) is 0 Å². The molecule has 7 nitrogen and oxygen atoms in total. The van der Waals surface area contributed by atoms with Gasteiger partial charge in [-0.05, 0) is 89.3 Å². The van der Waals surface area contributed by atoms with Crippen molar-refractivity contribution in [3.63, 3.8) is 0 Å². The number of nitrogens with zero attached hydrogens (tertiary/aromatic N) is 3. The number of carbonyl (C=O) groups is 1. The van der Waals surface area contributed by atoms with Crippen LogP contribution in [-0.2, 0) is 0 Å². The predicted molar refractivity (Wildman–Crippen MR) is 126 cm³/mol. The average molecular weight is 419 g/mol. The number of fused-ring (bicyclic) bond motifs is 1. The van der Waals surface area contributed by atoms with Gasteiger partial charge >= 0.3 is 0 Å². The lowest BCUT2D eigenvalue weighted by atomic mass is 10.1. The molecule has 0 spiro atoms. The maximum Gasteiger partial charge on any atom is 0.251 e. The number of carbonyl (C=O) groups excluding carboxylic acids is 1. The average Bonchev–Trinajstić information content (AvgIpc) is 2.75. The summed E-state index contributed by atoms with van der Waals surface area (Å²) in [7, 11) is 2.17. The molecule has 0 bridgehead atoms. The number of likely N-dealkylation sites (tertiary alicyclic amines) is 1. The van der Waals surface area contributed by atoms with Gasteiger partial charge < -0.3 is 20.9 Å². The first-order chi connectivity index (χ1) is 15.0. The van der Waals surface area contributed by atoms with E-state index < -0.39 is 0 Å². The van der Waals surface area contributed by atoms with E-state index in [1.165, 1.54) is 0 Å². The SMILES string of the molecule is CC(C)NC(=O)c1ccc(Nc2ncc3ccc(NC4CCN(C)CC4)cc3n2)cc1. The molecule has 3 aromatic rings. The van der Waals surface area contributed by atoms with Crippen molar-refractivity contribution >= 4 is 34.1 Å². The highest BCUT2D eigenvalue weighted by Gasteiger charge is 2.16. The molecule has 0 aliphatic carbocycles. The van der Waals surface area contributed by atoms with Crippen LogP contribution in [0.1, 0.15) is 37.0 Å². The molecule has 3 N–H and O–H groups in total. The minimum Gasteiger partial charge on any atom is -0.382 e. The Labute approximate surface area is 183 Å². The minimum atomic E-state index is -0.0758. The summed E-state index contributed by atoms with van der Waals surface area (Å²) in [6, 6.07) is 14.2. The van der Waals surface area contributed by atoms with Crippen LogP contribution in [-0.4, -0.2) is 53.0 Å². The molecule has 2 heterocycles. The molecular weight excluding hydrogens is 388 g/mol. The van der Waals surface area contributed by atoms with E-state index in [0.717, 1.165) is 48.2 Å². The van der Waals surface area contributed by atoms with E-state index in [9.17, 15) is 4.79 Å². The summed E-state index contributed by atoms with van der Waals surface area (Å²) < 4.78 is 0. The van der Waals surface area contributed by atoms with Crippen LogP contribution in [0.15, 0.2) is 48.7 Å². The number of nitrogens with one attached hydrogen (secondary N) is 3. The van der Waals surface area contributed by atoms with Crippen LogP contribution in [0, 0.1) is 0 Å². The fourth-order valence-corrected chi connectivity index (χ4v) is 3.74. The number of aromatic nitrogens is 2. The summed E-state index contributed by atoms with van der Waals surface area (Å²) in [5.41, 5.74) is 3.44. The van der Waals surface area contributed by atoms with Crippen LogP contribution < -0.4 is 16.0 Å². The van der Waals surface area contributed by atoms with E-state index >= 15 is 0 Å². The second-order valence-electron chi connectivity index (χ2n) is 8.52. The van der Waals surface area contributed by atoms with Gasteiger partial charge in [0.2, 0.25) is 5.95 Å².